The first kappa shape index (κ1) is 8.20. The van der Waals surface area contributed by atoms with Gasteiger partial charge in [-0.05, 0) is 12.8 Å². The molecule has 0 fully saturated rings. The molecule has 1 rings (SSSR count). The van der Waals surface area contributed by atoms with E-state index in [4.69, 9.17) is 6.42 Å². The molecular weight excluding hydrogens is 158 g/mol. The maximum absolute atomic E-state index is 10.7. The lowest BCUT2D eigenvalue weighted by atomic mass is 10.3. The zero-order valence-electron chi connectivity index (χ0n) is 6.40. The number of tetrazole rings is 1. The molecule has 0 saturated carbocycles. The molecule has 1 atom stereocenters. The molecule has 0 aromatic carbocycles. The van der Waals surface area contributed by atoms with Crippen molar-refractivity contribution in [1.29, 1.82) is 0 Å². The predicted octanol–water partition coefficient (Wildman–Crippen LogP) is -0.990. The number of nitrogens with zero attached hydrogens (tertiary/aromatic N) is 3. The van der Waals surface area contributed by atoms with Crippen molar-refractivity contribution in [2.45, 2.75) is 13.0 Å². The van der Waals surface area contributed by atoms with E-state index in [1.54, 1.807) is 6.92 Å². The summed E-state index contributed by atoms with van der Waals surface area (Å²) in [5.74, 6) is 1.83. The molecular formula is C6H7N5O. The van der Waals surface area contributed by atoms with E-state index in [1.807, 2.05) is 5.92 Å². The summed E-state index contributed by atoms with van der Waals surface area (Å²) in [6.45, 7) is 1.71. The third kappa shape index (κ3) is 1.79. The molecule has 1 heterocycles. The van der Waals surface area contributed by atoms with Crippen LogP contribution in [-0.2, 0) is 4.79 Å². The molecule has 0 aliphatic rings. The second kappa shape index (κ2) is 3.48. The number of carbonyl (C=O) groups excluding carboxylic acids is 1. The van der Waals surface area contributed by atoms with Crippen molar-refractivity contribution in [2.75, 3.05) is 0 Å². The Kier molecular flexibility index (Phi) is 2.38. The Balaban J connectivity index is 2.57. The zero-order valence-corrected chi connectivity index (χ0v) is 6.40. The summed E-state index contributed by atoms with van der Waals surface area (Å²) < 4.78 is 0. The summed E-state index contributed by atoms with van der Waals surface area (Å²) >= 11 is 0. The van der Waals surface area contributed by atoms with Gasteiger partial charge in [0.05, 0.1) is 6.04 Å². The molecule has 0 bridgehead atoms. The van der Waals surface area contributed by atoms with Crippen LogP contribution in [-0.4, -0.2) is 26.5 Å². The number of amides is 1. The van der Waals surface area contributed by atoms with Crippen LogP contribution >= 0.6 is 0 Å². The fourth-order valence-corrected chi connectivity index (χ4v) is 0.656. The minimum atomic E-state index is -0.493. The fraction of sp³-hybridized carbons (Fsp3) is 0.333. The number of hydrogen-bond donors (Lipinski definition) is 2. The van der Waals surface area contributed by atoms with Crippen LogP contribution in [0, 0.1) is 12.3 Å². The molecule has 6 heteroatoms. The highest BCUT2D eigenvalue weighted by atomic mass is 16.1. The van der Waals surface area contributed by atoms with Crippen molar-refractivity contribution in [1.82, 2.24) is 25.9 Å². The van der Waals surface area contributed by atoms with Crippen molar-refractivity contribution >= 4 is 5.91 Å². The van der Waals surface area contributed by atoms with E-state index in [9.17, 15) is 4.79 Å². The van der Waals surface area contributed by atoms with Gasteiger partial charge in [0.25, 0.3) is 5.91 Å². The number of hydrogen-bond acceptors (Lipinski definition) is 4. The van der Waals surface area contributed by atoms with Crippen molar-refractivity contribution < 1.29 is 4.79 Å². The molecule has 0 radical (unpaired) electrons. The summed E-state index contributed by atoms with van der Waals surface area (Å²) in [7, 11) is 0. The van der Waals surface area contributed by atoms with E-state index >= 15 is 0 Å². The van der Waals surface area contributed by atoms with Crippen molar-refractivity contribution in [3.05, 3.63) is 5.82 Å². The Bertz CT molecular complexity index is 298. The van der Waals surface area contributed by atoms with Gasteiger partial charge in [-0.3, -0.25) is 4.79 Å². The lowest BCUT2D eigenvalue weighted by Crippen LogP contribution is -2.25. The largest absolute Gasteiger partial charge is 0.335 e. The first-order chi connectivity index (χ1) is 5.74. The molecule has 0 aliphatic carbocycles. The van der Waals surface area contributed by atoms with Gasteiger partial charge in [-0.15, -0.1) is 16.6 Å². The number of terminal acetylenes is 1. The minimum absolute atomic E-state index is 0.327. The molecule has 1 aromatic heterocycles. The summed E-state index contributed by atoms with van der Waals surface area (Å²) in [4.78, 5) is 10.7. The maximum atomic E-state index is 10.7. The summed E-state index contributed by atoms with van der Waals surface area (Å²) in [6, 6.07) is -0.327. The number of nitrogens with one attached hydrogen (secondary N) is 2. The summed E-state index contributed by atoms with van der Waals surface area (Å²) in [5.41, 5.74) is 0. The van der Waals surface area contributed by atoms with Crippen LogP contribution in [0.1, 0.15) is 18.8 Å². The van der Waals surface area contributed by atoms with Gasteiger partial charge in [0.1, 0.15) is 0 Å². The standard InChI is InChI=1S/C6H7N5O/c1-3-5(12)7-4(2)6-8-10-11-9-6/h1,4H,2H3,(H,7,12)(H,8,9,10,11). The second-order valence-electron chi connectivity index (χ2n) is 2.11. The number of rotatable bonds is 2. The van der Waals surface area contributed by atoms with E-state index in [0.717, 1.165) is 0 Å². The van der Waals surface area contributed by atoms with Crippen LogP contribution < -0.4 is 5.32 Å². The molecule has 1 amide bonds. The Hall–Kier alpha value is -1.90. The Morgan fingerprint density at radius 1 is 1.83 bits per heavy atom. The predicted molar refractivity (Wildman–Crippen MR) is 39.6 cm³/mol. The molecule has 0 aliphatic heterocycles. The van der Waals surface area contributed by atoms with Crippen LogP contribution in [0.4, 0.5) is 0 Å². The molecule has 0 saturated heterocycles. The first-order valence-corrected chi connectivity index (χ1v) is 3.24. The smallest absolute Gasteiger partial charge is 0.296 e. The lowest BCUT2D eigenvalue weighted by molar-refractivity contribution is -0.116. The molecule has 2 N–H and O–H groups in total. The van der Waals surface area contributed by atoms with Gasteiger partial charge in [-0.25, -0.2) is 0 Å². The Morgan fingerprint density at radius 3 is 3.08 bits per heavy atom. The summed E-state index contributed by atoms with van der Waals surface area (Å²) in [6.07, 6.45) is 4.85. The number of carbonyl (C=O) groups is 1. The van der Waals surface area contributed by atoms with E-state index < -0.39 is 5.91 Å². The normalized spacial score (nSPS) is 11.7. The fourth-order valence-electron chi connectivity index (χ4n) is 0.656. The van der Waals surface area contributed by atoms with Gasteiger partial charge in [-0.2, -0.15) is 5.21 Å². The molecule has 6 nitrogen and oxygen atoms in total. The minimum Gasteiger partial charge on any atom is -0.335 e. The van der Waals surface area contributed by atoms with E-state index in [2.05, 4.69) is 25.9 Å². The molecule has 12 heavy (non-hydrogen) atoms. The van der Waals surface area contributed by atoms with Gasteiger partial charge in [0, 0.05) is 0 Å². The average Bonchev–Trinajstić information content (AvgIpc) is 2.56. The van der Waals surface area contributed by atoms with E-state index in [0.29, 0.717) is 5.82 Å². The van der Waals surface area contributed by atoms with Crippen molar-refractivity contribution in [2.24, 2.45) is 0 Å². The van der Waals surface area contributed by atoms with Crippen LogP contribution in [0.15, 0.2) is 0 Å². The van der Waals surface area contributed by atoms with Gasteiger partial charge >= 0.3 is 0 Å². The van der Waals surface area contributed by atoms with Crippen LogP contribution in [0.25, 0.3) is 0 Å². The van der Waals surface area contributed by atoms with Crippen LogP contribution in [0.3, 0.4) is 0 Å². The Morgan fingerprint density at radius 2 is 2.58 bits per heavy atom. The number of aromatic nitrogens is 4. The molecule has 62 valence electrons. The van der Waals surface area contributed by atoms with Gasteiger partial charge in [-0.1, -0.05) is 5.21 Å². The molecule has 0 spiro atoms. The number of H-pyrrole nitrogens is 1. The molecule has 1 unspecified atom stereocenters. The van der Waals surface area contributed by atoms with Gasteiger partial charge < -0.3 is 5.32 Å². The highest BCUT2D eigenvalue weighted by Crippen LogP contribution is 2.01. The lowest BCUT2D eigenvalue weighted by Gasteiger charge is -2.04. The third-order valence-corrected chi connectivity index (χ3v) is 1.23. The monoisotopic (exact) mass is 165 g/mol. The maximum Gasteiger partial charge on any atom is 0.296 e. The zero-order chi connectivity index (χ0) is 8.97. The highest BCUT2D eigenvalue weighted by molar-refractivity contribution is 5.92. The van der Waals surface area contributed by atoms with Gasteiger partial charge in [0.15, 0.2) is 5.82 Å². The van der Waals surface area contributed by atoms with Gasteiger partial charge in [0.2, 0.25) is 0 Å². The SMILES string of the molecule is C#CC(=O)NC(C)c1nn[nH]n1. The Labute approximate surface area is 68.7 Å². The second-order valence-corrected chi connectivity index (χ2v) is 2.11. The molecule has 1 aromatic rings. The number of aromatic amines is 1. The van der Waals surface area contributed by atoms with E-state index in [-0.39, 0.29) is 6.04 Å². The van der Waals surface area contributed by atoms with Crippen molar-refractivity contribution in [3.63, 3.8) is 0 Å². The highest BCUT2D eigenvalue weighted by Gasteiger charge is 2.11. The topological polar surface area (TPSA) is 83.6 Å². The van der Waals surface area contributed by atoms with Crippen molar-refractivity contribution in [3.8, 4) is 12.3 Å². The van der Waals surface area contributed by atoms with E-state index in [1.165, 1.54) is 0 Å². The average molecular weight is 165 g/mol. The quantitative estimate of drug-likeness (QED) is 0.551. The summed E-state index contributed by atoms with van der Waals surface area (Å²) in [5, 5.41) is 15.4. The van der Waals surface area contributed by atoms with Crippen LogP contribution in [0.2, 0.25) is 0 Å². The third-order valence-electron chi connectivity index (χ3n) is 1.23. The first-order valence-electron chi connectivity index (χ1n) is 3.24. The van der Waals surface area contributed by atoms with Crippen LogP contribution in [0.5, 0.6) is 0 Å².